The predicted molar refractivity (Wildman–Crippen MR) is 66.4 cm³/mol. The van der Waals surface area contributed by atoms with Gasteiger partial charge in [0.05, 0.1) is 5.56 Å². The van der Waals surface area contributed by atoms with Gasteiger partial charge in [0, 0.05) is 12.7 Å². The van der Waals surface area contributed by atoms with E-state index in [2.05, 4.69) is 10.3 Å². The molecule has 0 aliphatic carbocycles. The molecule has 0 aliphatic heterocycles. The van der Waals surface area contributed by atoms with Gasteiger partial charge in [0.25, 0.3) is 0 Å². The summed E-state index contributed by atoms with van der Waals surface area (Å²) in [5, 5.41) is 2.92. The highest BCUT2D eigenvalue weighted by Crippen LogP contribution is 2.11. The van der Waals surface area contributed by atoms with Crippen LogP contribution in [0, 0.1) is 11.6 Å². The molecule has 1 aromatic carbocycles. The zero-order chi connectivity index (χ0) is 13.8. The first kappa shape index (κ1) is 12.9. The van der Waals surface area contributed by atoms with Gasteiger partial charge in [-0.05, 0) is 29.8 Å². The van der Waals surface area contributed by atoms with Crippen LogP contribution in [0.1, 0.15) is 15.9 Å². The molecule has 1 amide bonds. The maximum absolute atomic E-state index is 13.0. The lowest BCUT2D eigenvalue weighted by molar-refractivity contribution is 0.1000. The highest BCUT2D eigenvalue weighted by atomic mass is 19.2. The van der Waals surface area contributed by atoms with Crippen molar-refractivity contribution in [3.63, 3.8) is 0 Å². The molecule has 1 aromatic heterocycles. The summed E-state index contributed by atoms with van der Waals surface area (Å²) in [4.78, 5) is 14.8. The topological polar surface area (TPSA) is 68.0 Å². The summed E-state index contributed by atoms with van der Waals surface area (Å²) in [6.45, 7) is 0.292. The summed E-state index contributed by atoms with van der Waals surface area (Å²) in [5.41, 5.74) is 5.97. The standard InChI is InChI=1S/C13H11F2N3O/c14-10-3-1-8(5-11(10)15)6-17-12-4-2-9(7-18-12)13(16)19/h1-5,7H,6H2,(H2,16,19)(H,17,18). The number of hydrogen-bond donors (Lipinski definition) is 2. The van der Waals surface area contributed by atoms with Crippen LogP contribution in [0.5, 0.6) is 0 Å². The van der Waals surface area contributed by atoms with E-state index >= 15 is 0 Å². The van der Waals surface area contributed by atoms with Crippen molar-refractivity contribution in [2.45, 2.75) is 6.54 Å². The van der Waals surface area contributed by atoms with E-state index in [-0.39, 0.29) is 0 Å². The van der Waals surface area contributed by atoms with Crippen molar-refractivity contribution < 1.29 is 13.6 Å². The molecule has 19 heavy (non-hydrogen) atoms. The Hall–Kier alpha value is -2.50. The first-order valence-electron chi connectivity index (χ1n) is 5.50. The van der Waals surface area contributed by atoms with Crippen LogP contribution in [0.2, 0.25) is 0 Å². The van der Waals surface area contributed by atoms with Crippen molar-refractivity contribution in [2.24, 2.45) is 5.73 Å². The maximum Gasteiger partial charge on any atom is 0.250 e. The Balaban J connectivity index is 2.01. The zero-order valence-corrected chi connectivity index (χ0v) is 9.86. The number of benzene rings is 1. The molecule has 2 rings (SSSR count). The minimum absolute atomic E-state index is 0.292. The van der Waals surface area contributed by atoms with E-state index in [1.807, 2.05) is 0 Å². The number of rotatable bonds is 4. The molecule has 98 valence electrons. The van der Waals surface area contributed by atoms with Crippen molar-refractivity contribution in [3.8, 4) is 0 Å². The second kappa shape index (κ2) is 5.43. The Morgan fingerprint density at radius 1 is 1.21 bits per heavy atom. The largest absolute Gasteiger partial charge is 0.366 e. The quantitative estimate of drug-likeness (QED) is 0.887. The van der Waals surface area contributed by atoms with Gasteiger partial charge in [0.1, 0.15) is 5.82 Å². The molecule has 1 heterocycles. The van der Waals surface area contributed by atoms with E-state index in [0.717, 1.165) is 12.1 Å². The Morgan fingerprint density at radius 2 is 2.00 bits per heavy atom. The smallest absolute Gasteiger partial charge is 0.250 e. The zero-order valence-electron chi connectivity index (χ0n) is 9.86. The number of anilines is 1. The van der Waals surface area contributed by atoms with E-state index in [9.17, 15) is 13.6 Å². The number of pyridine rings is 1. The third kappa shape index (κ3) is 3.25. The van der Waals surface area contributed by atoms with Gasteiger partial charge >= 0.3 is 0 Å². The number of nitrogens with zero attached hydrogens (tertiary/aromatic N) is 1. The number of carbonyl (C=O) groups excluding carboxylic acids is 1. The van der Waals surface area contributed by atoms with Crippen molar-refractivity contribution in [3.05, 3.63) is 59.3 Å². The average Bonchev–Trinajstić information content (AvgIpc) is 2.40. The summed E-state index contributed by atoms with van der Waals surface area (Å²) in [6, 6.07) is 6.77. The predicted octanol–water partition coefficient (Wildman–Crippen LogP) is 2.07. The SMILES string of the molecule is NC(=O)c1ccc(NCc2ccc(F)c(F)c2)nc1. The number of nitrogens with one attached hydrogen (secondary N) is 1. The maximum atomic E-state index is 13.0. The molecule has 0 radical (unpaired) electrons. The van der Waals surface area contributed by atoms with Gasteiger partial charge in [0.2, 0.25) is 5.91 Å². The number of nitrogens with two attached hydrogens (primary N) is 1. The third-order valence-corrected chi connectivity index (χ3v) is 2.51. The number of amides is 1. The van der Waals surface area contributed by atoms with E-state index in [0.29, 0.717) is 23.5 Å². The van der Waals surface area contributed by atoms with Crippen LogP contribution in [0.25, 0.3) is 0 Å². The number of halogens is 2. The van der Waals surface area contributed by atoms with Crippen LogP contribution in [0.3, 0.4) is 0 Å². The van der Waals surface area contributed by atoms with Crippen molar-refractivity contribution in [1.82, 2.24) is 4.98 Å². The summed E-state index contributed by atoms with van der Waals surface area (Å²) >= 11 is 0. The summed E-state index contributed by atoms with van der Waals surface area (Å²) in [6.07, 6.45) is 1.34. The fraction of sp³-hybridized carbons (Fsp3) is 0.0769. The molecular formula is C13H11F2N3O. The van der Waals surface area contributed by atoms with E-state index in [4.69, 9.17) is 5.73 Å². The van der Waals surface area contributed by atoms with E-state index in [1.165, 1.54) is 18.3 Å². The molecular weight excluding hydrogens is 252 g/mol. The van der Waals surface area contributed by atoms with Gasteiger partial charge in [-0.3, -0.25) is 4.79 Å². The van der Waals surface area contributed by atoms with Crippen LogP contribution in [-0.2, 0) is 6.54 Å². The molecule has 0 saturated heterocycles. The summed E-state index contributed by atoms with van der Waals surface area (Å²) in [7, 11) is 0. The van der Waals surface area contributed by atoms with Gasteiger partial charge in [-0.2, -0.15) is 0 Å². The van der Waals surface area contributed by atoms with Crippen LogP contribution in [0.4, 0.5) is 14.6 Å². The first-order valence-corrected chi connectivity index (χ1v) is 5.50. The monoisotopic (exact) mass is 263 g/mol. The number of aromatic nitrogens is 1. The molecule has 0 unspecified atom stereocenters. The highest BCUT2D eigenvalue weighted by molar-refractivity contribution is 5.92. The normalized spacial score (nSPS) is 10.2. The average molecular weight is 263 g/mol. The van der Waals surface area contributed by atoms with Gasteiger partial charge in [-0.1, -0.05) is 6.07 Å². The Labute approximate surface area is 108 Å². The molecule has 3 N–H and O–H groups in total. The first-order chi connectivity index (χ1) is 9.06. The lowest BCUT2D eigenvalue weighted by Gasteiger charge is -2.06. The van der Waals surface area contributed by atoms with Crippen LogP contribution in [-0.4, -0.2) is 10.9 Å². The van der Waals surface area contributed by atoms with E-state index < -0.39 is 17.5 Å². The van der Waals surface area contributed by atoms with Crippen LogP contribution in [0.15, 0.2) is 36.5 Å². The molecule has 0 saturated carbocycles. The molecule has 2 aromatic rings. The second-order valence-electron chi connectivity index (χ2n) is 3.90. The molecule has 0 fully saturated rings. The molecule has 0 spiro atoms. The molecule has 6 heteroatoms. The molecule has 4 nitrogen and oxygen atoms in total. The second-order valence-corrected chi connectivity index (χ2v) is 3.90. The van der Waals surface area contributed by atoms with Gasteiger partial charge < -0.3 is 11.1 Å². The fourth-order valence-corrected chi connectivity index (χ4v) is 1.49. The van der Waals surface area contributed by atoms with Gasteiger partial charge in [-0.15, -0.1) is 0 Å². The van der Waals surface area contributed by atoms with Crippen molar-refractivity contribution >= 4 is 11.7 Å². The number of carbonyl (C=O) groups is 1. The van der Waals surface area contributed by atoms with Crippen molar-refractivity contribution in [1.29, 1.82) is 0 Å². The molecule has 0 bridgehead atoms. The molecule has 0 atom stereocenters. The number of primary amides is 1. The fourth-order valence-electron chi connectivity index (χ4n) is 1.49. The van der Waals surface area contributed by atoms with Crippen LogP contribution < -0.4 is 11.1 Å². The summed E-state index contributed by atoms with van der Waals surface area (Å²) < 4.78 is 25.7. The summed E-state index contributed by atoms with van der Waals surface area (Å²) in [5.74, 6) is -1.82. The number of hydrogen-bond acceptors (Lipinski definition) is 3. The Bertz CT molecular complexity index is 599. The third-order valence-electron chi connectivity index (χ3n) is 2.51. The Morgan fingerprint density at radius 3 is 2.58 bits per heavy atom. The lowest BCUT2D eigenvalue weighted by Crippen LogP contribution is -2.11. The van der Waals surface area contributed by atoms with Crippen molar-refractivity contribution in [2.75, 3.05) is 5.32 Å². The van der Waals surface area contributed by atoms with E-state index in [1.54, 1.807) is 6.07 Å². The van der Waals surface area contributed by atoms with Gasteiger partial charge in [-0.25, -0.2) is 13.8 Å². The van der Waals surface area contributed by atoms with Gasteiger partial charge in [0.15, 0.2) is 11.6 Å². The molecule has 0 aliphatic rings. The highest BCUT2D eigenvalue weighted by Gasteiger charge is 2.03. The lowest BCUT2D eigenvalue weighted by atomic mass is 10.2. The minimum Gasteiger partial charge on any atom is -0.366 e. The van der Waals surface area contributed by atoms with Crippen LogP contribution >= 0.6 is 0 Å². The minimum atomic E-state index is -0.892. The Kier molecular flexibility index (Phi) is 3.70.